The lowest BCUT2D eigenvalue weighted by Crippen LogP contribution is -2.53. The molecular formula is C18H25F2N3O. The van der Waals surface area contributed by atoms with Gasteiger partial charge in [-0.05, 0) is 12.0 Å². The number of hydrogen-bond donors (Lipinski definition) is 0. The van der Waals surface area contributed by atoms with Crippen LogP contribution in [-0.4, -0.2) is 65.9 Å². The maximum Gasteiger partial charge on any atom is 0.219 e. The summed E-state index contributed by atoms with van der Waals surface area (Å²) in [6, 6.07) is 4.78. The third-order valence-electron chi connectivity index (χ3n) is 5.30. The zero-order valence-electron chi connectivity index (χ0n) is 14.3. The fourth-order valence-electron chi connectivity index (χ4n) is 3.93. The van der Waals surface area contributed by atoms with Gasteiger partial charge in [0.05, 0.1) is 0 Å². The number of carbonyl (C=O) groups excluding carboxylic acids is 1. The number of rotatable bonds is 3. The lowest BCUT2D eigenvalue weighted by molar-refractivity contribution is -0.130. The van der Waals surface area contributed by atoms with Gasteiger partial charge in [-0.3, -0.25) is 14.6 Å². The maximum atomic E-state index is 13.9. The molecule has 0 unspecified atom stereocenters. The predicted octanol–water partition coefficient (Wildman–Crippen LogP) is 1.95. The molecule has 2 atom stereocenters. The van der Waals surface area contributed by atoms with E-state index in [2.05, 4.69) is 16.7 Å². The topological polar surface area (TPSA) is 26.8 Å². The van der Waals surface area contributed by atoms with Gasteiger partial charge < -0.3 is 4.90 Å². The molecule has 132 valence electrons. The van der Waals surface area contributed by atoms with Gasteiger partial charge in [0.2, 0.25) is 5.91 Å². The molecule has 2 aliphatic rings. The highest BCUT2D eigenvalue weighted by atomic mass is 19.2. The van der Waals surface area contributed by atoms with Gasteiger partial charge in [0, 0.05) is 64.3 Å². The minimum atomic E-state index is -0.781. The van der Waals surface area contributed by atoms with Crippen molar-refractivity contribution < 1.29 is 13.6 Å². The van der Waals surface area contributed by atoms with Gasteiger partial charge >= 0.3 is 0 Å². The summed E-state index contributed by atoms with van der Waals surface area (Å²) in [5.41, 5.74) is 0.421. The minimum Gasteiger partial charge on any atom is -0.340 e. The fourth-order valence-corrected chi connectivity index (χ4v) is 3.93. The summed E-state index contributed by atoms with van der Waals surface area (Å²) in [4.78, 5) is 18.0. The Bertz CT molecular complexity index is 602. The molecule has 4 nitrogen and oxygen atoms in total. The van der Waals surface area contributed by atoms with E-state index in [1.165, 1.54) is 0 Å². The van der Waals surface area contributed by atoms with E-state index in [0.717, 1.165) is 45.3 Å². The molecule has 0 radical (unpaired) electrons. The molecule has 24 heavy (non-hydrogen) atoms. The van der Waals surface area contributed by atoms with Gasteiger partial charge in [0.1, 0.15) is 0 Å². The van der Waals surface area contributed by atoms with Crippen LogP contribution in [0.15, 0.2) is 18.2 Å². The minimum absolute atomic E-state index is 0.136. The Morgan fingerprint density at radius 1 is 1.17 bits per heavy atom. The first-order valence-electron chi connectivity index (χ1n) is 8.60. The van der Waals surface area contributed by atoms with Gasteiger partial charge in [-0.2, -0.15) is 0 Å². The van der Waals surface area contributed by atoms with E-state index in [0.29, 0.717) is 24.1 Å². The van der Waals surface area contributed by atoms with Gasteiger partial charge in [0.15, 0.2) is 11.6 Å². The number of benzene rings is 1. The van der Waals surface area contributed by atoms with Crippen LogP contribution in [0.5, 0.6) is 0 Å². The van der Waals surface area contributed by atoms with Crippen LogP contribution in [0.25, 0.3) is 0 Å². The highest BCUT2D eigenvalue weighted by Gasteiger charge is 2.35. The molecule has 0 saturated carbocycles. The molecule has 1 aromatic carbocycles. The molecule has 2 aliphatic heterocycles. The smallest absolute Gasteiger partial charge is 0.219 e. The summed E-state index contributed by atoms with van der Waals surface area (Å²) in [5, 5.41) is 0. The van der Waals surface area contributed by atoms with Crippen molar-refractivity contribution in [2.45, 2.75) is 26.4 Å². The average Bonchev–Trinajstić information content (AvgIpc) is 2.92. The Morgan fingerprint density at radius 2 is 1.88 bits per heavy atom. The molecule has 0 aliphatic carbocycles. The van der Waals surface area contributed by atoms with Crippen LogP contribution in [0, 0.1) is 17.6 Å². The third kappa shape index (κ3) is 3.59. The van der Waals surface area contributed by atoms with Gasteiger partial charge in [-0.25, -0.2) is 8.78 Å². The number of amides is 1. The van der Waals surface area contributed by atoms with Crippen molar-refractivity contribution in [2.75, 3.05) is 39.3 Å². The largest absolute Gasteiger partial charge is 0.340 e. The van der Waals surface area contributed by atoms with E-state index in [1.54, 1.807) is 19.1 Å². The third-order valence-corrected chi connectivity index (χ3v) is 5.30. The van der Waals surface area contributed by atoms with Crippen molar-refractivity contribution in [3.05, 3.63) is 35.4 Å². The molecule has 0 N–H and O–H groups in total. The summed E-state index contributed by atoms with van der Waals surface area (Å²) >= 11 is 0. The van der Waals surface area contributed by atoms with Crippen molar-refractivity contribution in [3.8, 4) is 0 Å². The van der Waals surface area contributed by atoms with Crippen LogP contribution in [0.2, 0.25) is 0 Å². The lowest BCUT2D eigenvalue weighted by atomic mass is 10.0. The predicted molar refractivity (Wildman–Crippen MR) is 88.4 cm³/mol. The zero-order valence-corrected chi connectivity index (χ0v) is 14.3. The molecule has 0 aromatic heterocycles. The van der Waals surface area contributed by atoms with Gasteiger partial charge in [-0.1, -0.05) is 19.1 Å². The summed E-state index contributed by atoms with van der Waals surface area (Å²) in [7, 11) is 0. The first kappa shape index (κ1) is 17.3. The fraction of sp³-hybridized carbons (Fsp3) is 0.611. The second-order valence-corrected chi connectivity index (χ2v) is 6.99. The van der Waals surface area contributed by atoms with Crippen molar-refractivity contribution >= 4 is 5.91 Å². The molecule has 2 saturated heterocycles. The van der Waals surface area contributed by atoms with Crippen LogP contribution < -0.4 is 0 Å². The Hall–Kier alpha value is -1.53. The van der Waals surface area contributed by atoms with Crippen LogP contribution in [0.3, 0.4) is 0 Å². The second-order valence-electron chi connectivity index (χ2n) is 6.99. The monoisotopic (exact) mass is 337 g/mol. The summed E-state index contributed by atoms with van der Waals surface area (Å²) in [6.07, 6.45) is 0. The molecule has 0 spiro atoms. The summed E-state index contributed by atoms with van der Waals surface area (Å²) < 4.78 is 27.2. The number of hydrogen-bond acceptors (Lipinski definition) is 3. The SMILES string of the molecule is CC(=O)N1CCN([C@@H]2CN(Cc3cccc(F)c3F)C[C@@H]2C)CC1. The number of piperazine rings is 1. The molecular weight excluding hydrogens is 312 g/mol. The van der Waals surface area contributed by atoms with Crippen LogP contribution >= 0.6 is 0 Å². The van der Waals surface area contributed by atoms with Crippen LogP contribution in [0.4, 0.5) is 8.78 Å². The maximum absolute atomic E-state index is 13.9. The number of nitrogens with zero attached hydrogens (tertiary/aromatic N) is 3. The van der Waals surface area contributed by atoms with Crippen molar-refractivity contribution in [2.24, 2.45) is 5.92 Å². The van der Waals surface area contributed by atoms with E-state index < -0.39 is 11.6 Å². The number of carbonyl (C=O) groups is 1. The Balaban J connectivity index is 1.59. The lowest BCUT2D eigenvalue weighted by Gasteiger charge is -2.39. The molecule has 1 aromatic rings. The Labute approximate surface area is 142 Å². The molecule has 1 amide bonds. The zero-order chi connectivity index (χ0) is 17.3. The molecule has 3 rings (SSSR count). The molecule has 2 heterocycles. The quantitative estimate of drug-likeness (QED) is 0.843. The van der Waals surface area contributed by atoms with Crippen molar-refractivity contribution in [3.63, 3.8) is 0 Å². The second kappa shape index (κ2) is 7.15. The number of likely N-dealkylation sites (tertiary alicyclic amines) is 1. The molecule has 2 fully saturated rings. The summed E-state index contributed by atoms with van der Waals surface area (Å²) in [6.45, 7) is 9.33. The van der Waals surface area contributed by atoms with Crippen LogP contribution in [-0.2, 0) is 11.3 Å². The molecule has 0 bridgehead atoms. The first-order valence-corrected chi connectivity index (χ1v) is 8.60. The van der Waals surface area contributed by atoms with E-state index in [9.17, 15) is 13.6 Å². The normalized spacial score (nSPS) is 26.1. The average molecular weight is 337 g/mol. The van der Waals surface area contributed by atoms with E-state index in [4.69, 9.17) is 0 Å². The highest BCUT2D eigenvalue weighted by Crippen LogP contribution is 2.25. The Kier molecular flexibility index (Phi) is 5.15. The standard InChI is InChI=1S/C18H25F2N3O/c1-13-10-21(11-15-4-3-5-16(19)18(15)20)12-17(13)23-8-6-22(7-9-23)14(2)24/h3-5,13,17H,6-12H2,1-2H3/t13-,17+/m0/s1. The first-order chi connectivity index (χ1) is 11.5. The van der Waals surface area contributed by atoms with Gasteiger partial charge in [-0.15, -0.1) is 0 Å². The van der Waals surface area contributed by atoms with Crippen molar-refractivity contribution in [1.29, 1.82) is 0 Å². The number of halogens is 2. The van der Waals surface area contributed by atoms with Crippen molar-refractivity contribution in [1.82, 2.24) is 14.7 Å². The highest BCUT2D eigenvalue weighted by molar-refractivity contribution is 5.73. The van der Waals surface area contributed by atoms with E-state index >= 15 is 0 Å². The Morgan fingerprint density at radius 3 is 2.54 bits per heavy atom. The van der Waals surface area contributed by atoms with Crippen LogP contribution in [0.1, 0.15) is 19.4 Å². The molecule has 6 heteroatoms. The van der Waals surface area contributed by atoms with E-state index in [-0.39, 0.29) is 5.91 Å². The van der Waals surface area contributed by atoms with E-state index in [1.807, 2.05) is 4.90 Å². The summed E-state index contributed by atoms with van der Waals surface area (Å²) in [5.74, 6) is -0.900. The van der Waals surface area contributed by atoms with Gasteiger partial charge in [0.25, 0.3) is 0 Å².